The summed E-state index contributed by atoms with van der Waals surface area (Å²) in [5.74, 6) is -0.479. The van der Waals surface area contributed by atoms with Gasteiger partial charge in [-0.3, -0.25) is 9.78 Å². The molecule has 0 aliphatic carbocycles. The monoisotopic (exact) mass is 667 g/mol. The molecule has 0 saturated heterocycles. The fraction of sp³-hybridized carbons (Fsp3) is 0.361. The number of aryl methyl sites for hydroxylation is 3. The Hall–Kier alpha value is -4.68. The molecule has 1 unspecified atom stereocenters. The zero-order valence-corrected chi connectivity index (χ0v) is 29.0. The lowest BCUT2D eigenvalue weighted by atomic mass is 9.69. The van der Waals surface area contributed by atoms with Gasteiger partial charge in [0.15, 0.2) is 0 Å². The number of benzene rings is 2. The molecule has 1 amide bonds. The SMILES string of the molecule is CC[C@@H]1CN(Cc2cc(C(c3ccc4c(nnn4CC)c3C)C(C)(C)C(=O)Nc3cccnc3)ccc2C)S(=O)(=O)c2cccnc2O1. The molecule has 1 aliphatic heterocycles. The fourth-order valence-corrected chi connectivity index (χ4v) is 8.01. The standard InChI is InChI=1S/C36H41N7O4S/c1-7-28-22-42(48(45,46)31-12-10-18-38-34(31)47-28)21-26-19-25(14-13-23(26)3)32(36(5,6)35(44)39-27-11-9-17-37-20-27)29-15-16-30-33(24(29)4)40-41-43(30)8-2/h9-20,28,32H,7-8,21-22H2,1-6H3,(H,39,44)/t28-,32?/m1/s1. The third-order valence-electron chi connectivity index (χ3n) is 9.37. The molecule has 1 N–H and O–H groups in total. The van der Waals surface area contributed by atoms with Crippen molar-refractivity contribution in [1.82, 2.24) is 29.3 Å². The molecule has 3 aromatic heterocycles. The normalized spacial score (nSPS) is 16.9. The van der Waals surface area contributed by atoms with E-state index in [0.717, 1.165) is 38.9 Å². The Bertz CT molecular complexity index is 2080. The molecule has 250 valence electrons. The zero-order valence-electron chi connectivity index (χ0n) is 28.1. The average molecular weight is 668 g/mol. The van der Waals surface area contributed by atoms with Crippen LogP contribution in [0, 0.1) is 19.3 Å². The van der Waals surface area contributed by atoms with Crippen molar-refractivity contribution in [1.29, 1.82) is 0 Å². The number of ether oxygens (including phenoxy) is 1. The van der Waals surface area contributed by atoms with Gasteiger partial charge in [0.1, 0.15) is 16.5 Å². The number of pyridine rings is 2. The minimum absolute atomic E-state index is 0.0601. The van der Waals surface area contributed by atoms with E-state index in [2.05, 4.69) is 31.7 Å². The fourth-order valence-electron chi connectivity index (χ4n) is 6.49. The summed E-state index contributed by atoms with van der Waals surface area (Å²) in [6.07, 6.45) is 5.09. The van der Waals surface area contributed by atoms with Crippen LogP contribution in [0.25, 0.3) is 11.0 Å². The number of hydrogen-bond donors (Lipinski definition) is 1. The lowest BCUT2D eigenvalue weighted by molar-refractivity contribution is -0.124. The lowest BCUT2D eigenvalue weighted by Gasteiger charge is -2.35. The van der Waals surface area contributed by atoms with Crippen LogP contribution in [0.15, 0.2) is 78.1 Å². The van der Waals surface area contributed by atoms with Crippen LogP contribution in [-0.4, -0.2) is 56.2 Å². The number of fused-ring (bicyclic) bond motifs is 2. The van der Waals surface area contributed by atoms with Crippen molar-refractivity contribution in [2.45, 2.75) is 78.0 Å². The highest BCUT2D eigenvalue weighted by atomic mass is 32.2. The van der Waals surface area contributed by atoms with Gasteiger partial charge < -0.3 is 10.1 Å². The number of nitrogens with one attached hydrogen (secondary N) is 1. The smallest absolute Gasteiger partial charge is 0.248 e. The van der Waals surface area contributed by atoms with E-state index in [1.807, 2.05) is 76.6 Å². The number of sulfonamides is 1. The molecule has 2 atom stereocenters. The predicted octanol–water partition coefficient (Wildman–Crippen LogP) is 6.02. The van der Waals surface area contributed by atoms with E-state index in [1.165, 1.54) is 4.31 Å². The Labute approximate surface area is 281 Å². The van der Waals surface area contributed by atoms with Gasteiger partial charge in [-0.15, -0.1) is 5.10 Å². The van der Waals surface area contributed by atoms with Crippen molar-refractivity contribution in [2.75, 3.05) is 11.9 Å². The Morgan fingerprint density at radius 2 is 1.88 bits per heavy atom. The van der Waals surface area contributed by atoms with Gasteiger partial charge in [-0.05, 0) is 85.3 Å². The highest BCUT2D eigenvalue weighted by Crippen LogP contribution is 2.45. The van der Waals surface area contributed by atoms with Crippen LogP contribution in [0.4, 0.5) is 5.69 Å². The summed E-state index contributed by atoms with van der Waals surface area (Å²) in [5.41, 5.74) is 5.86. The Morgan fingerprint density at radius 1 is 1.08 bits per heavy atom. The average Bonchev–Trinajstić information content (AvgIpc) is 3.46. The first-order valence-corrected chi connectivity index (χ1v) is 17.6. The van der Waals surface area contributed by atoms with Gasteiger partial charge in [-0.2, -0.15) is 4.31 Å². The maximum Gasteiger partial charge on any atom is 0.248 e. The van der Waals surface area contributed by atoms with E-state index < -0.39 is 21.4 Å². The third kappa shape index (κ3) is 6.06. The topological polar surface area (TPSA) is 132 Å². The number of anilines is 1. The van der Waals surface area contributed by atoms with E-state index in [9.17, 15) is 13.2 Å². The maximum atomic E-state index is 14.1. The third-order valence-corrected chi connectivity index (χ3v) is 11.2. The van der Waals surface area contributed by atoms with Crippen molar-refractivity contribution in [3.63, 3.8) is 0 Å². The van der Waals surface area contributed by atoms with Gasteiger partial charge in [-0.25, -0.2) is 18.1 Å². The number of amides is 1. The molecular weight excluding hydrogens is 627 g/mol. The van der Waals surface area contributed by atoms with Crippen LogP contribution in [0.2, 0.25) is 0 Å². The zero-order chi connectivity index (χ0) is 34.2. The molecule has 6 rings (SSSR count). The van der Waals surface area contributed by atoms with Crippen molar-refractivity contribution in [3.8, 4) is 5.88 Å². The van der Waals surface area contributed by atoms with Crippen LogP contribution < -0.4 is 10.1 Å². The second kappa shape index (κ2) is 13.1. The second-order valence-corrected chi connectivity index (χ2v) is 14.7. The first-order chi connectivity index (χ1) is 22.9. The molecule has 12 heteroatoms. The summed E-state index contributed by atoms with van der Waals surface area (Å²) in [7, 11) is -3.91. The number of carbonyl (C=O) groups excluding carboxylic acids is 1. The first-order valence-electron chi connectivity index (χ1n) is 16.2. The van der Waals surface area contributed by atoms with Crippen LogP contribution in [-0.2, 0) is 27.9 Å². The van der Waals surface area contributed by atoms with Crippen LogP contribution >= 0.6 is 0 Å². The van der Waals surface area contributed by atoms with E-state index in [-0.39, 0.29) is 35.9 Å². The summed E-state index contributed by atoms with van der Waals surface area (Å²) in [6, 6.07) is 16.9. The Kier molecular flexibility index (Phi) is 9.06. The number of hydrogen-bond acceptors (Lipinski definition) is 8. The van der Waals surface area contributed by atoms with Gasteiger partial charge in [0.2, 0.25) is 21.8 Å². The maximum absolute atomic E-state index is 14.1. The predicted molar refractivity (Wildman–Crippen MR) is 184 cm³/mol. The minimum Gasteiger partial charge on any atom is -0.472 e. The van der Waals surface area contributed by atoms with Crippen molar-refractivity contribution in [2.24, 2.45) is 5.41 Å². The number of aromatic nitrogens is 5. The molecule has 11 nitrogen and oxygen atoms in total. The second-order valence-electron chi connectivity index (χ2n) is 12.8. The van der Waals surface area contributed by atoms with Crippen molar-refractivity contribution < 1.29 is 17.9 Å². The first kappa shape index (κ1) is 33.2. The van der Waals surface area contributed by atoms with Gasteiger partial charge in [-0.1, -0.05) is 50.3 Å². The van der Waals surface area contributed by atoms with Crippen LogP contribution in [0.1, 0.15) is 67.9 Å². The highest BCUT2D eigenvalue weighted by Gasteiger charge is 2.41. The molecule has 0 saturated carbocycles. The van der Waals surface area contributed by atoms with Crippen molar-refractivity contribution in [3.05, 3.63) is 101 Å². The molecule has 1 aliphatic rings. The number of rotatable bonds is 9. The summed E-state index contributed by atoms with van der Waals surface area (Å²) in [5, 5.41) is 11.9. The lowest BCUT2D eigenvalue weighted by Crippen LogP contribution is -2.38. The largest absolute Gasteiger partial charge is 0.472 e. The van der Waals surface area contributed by atoms with Crippen LogP contribution in [0.5, 0.6) is 5.88 Å². The van der Waals surface area contributed by atoms with Gasteiger partial charge >= 0.3 is 0 Å². The number of nitrogens with zero attached hydrogens (tertiary/aromatic N) is 6. The van der Waals surface area contributed by atoms with Gasteiger partial charge in [0, 0.05) is 31.4 Å². The Balaban J connectivity index is 1.46. The molecule has 4 heterocycles. The van der Waals surface area contributed by atoms with Crippen LogP contribution in [0.3, 0.4) is 0 Å². The molecule has 48 heavy (non-hydrogen) atoms. The minimum atomic E-state index is -3.91. The van der Waals surface area contributed by atoms with E-state index >= 15 is 0 Å². The molecule has 0 radical (unpaired) electrons. The molecule has 5 aromatic rings. The van der Waals surface area contributed by atoms with Gasteiger partial charge in [0.25, 0.3) is 0 Å². The quantitative estimate of drug-likeness (QED) is 0.202. The molecule has 0 spiro atoms. The van der Waals surface area contributed by atoms with E-state index in [4.69, 9.17) is 4.74 Å². The molecule has 0 bridgehead atoms. The van der Waals surface area contributed by atoms with E-state index in [1.54, 1.807) is 36.8 Å². The van der Waals surface area contributed by atoms with E-state index in [0.29, 0.717) is 18.7 Å². The molecule has 2 aromatic carbocycles. The molecular formula is C36H41N7O4S. The van der Waals surface area contributed by atoms with Crippen molar-refractivity contribution >= 4 is 32.7 Å². The summed E-state index contributed by atoms with van der Waals surface area (Å²) >= 11 is 0. The number of carbonyl (C=O) groups is 1. The summed E-state index contributed by atoms with van der Waals surface area (Å²) in [6.45, 7) is 12.8. The summed E-state index contributed by atoms with van der Waals surface area (Å²) in [4.78, 5) is 22.6. The van der Waals surface area contributed by atoms with Gasteiger partial charge in [0.05, 0.1) is 29.4 Å². The molecule has 0 fully saturated rings. The Morgan fingerprint density at radius 3 is 2.60 bits per heavy atom. The highest BCUT2D eigenvalue weighted by molar-refractivity contribution is 7.89. The summed E-state index contributed by atoms with van der Waals surface area (Å²) < 4.78 is 37.4.